The molecular weight excluding hydrogens is 296 g/mol. The number of ether oxygens (including phenoxy) is 1. The molecular formula is C17H26N2O2S. The zero-order valence-corrected chi connectivity index (χ0v) is 14.3. The number of methoxy groups -OCH3 is 1. The molecule has 1 saturated carbocycles. The second-order valence-corrected chi connectivity index (χ2v) is 7.10. The number of benzene rings is 1. The fraction of sp³-hybridized carbons (Fsp3) is 0.588. The number of hydrogen-bond donors (Lipinski definition) is 1. The van der Waals surface area contributed by atoms with Gasteiger partial charge in [-0.2, -0.15) is 0 Å². The smallest absolute Gasteiger partial charge is 0.317 e. The number of rotatable bonds is 7. The van der Waals surface area contributed by atoms with Crippen LogP contribution in [0.2, 0.25) is 0 Å². The van der Waals surface area contributed by atoms with E-state index in [9.17, 15) is 4.79 Å². The van der Waals surface area contributed by atoms with E-state index in [1.54, 1.807) is 23.8 Å². The molecule has 1 aromatic rings. The van der Waals surface area contributed by atoms with Gasteiger partial charge in [-0.1, -0.05) is 31.0 Å². The monoisotopic (exact) mass is 322 g/mol. The highest BCUT2D eigenvalue weighted by atomic mass is 32.2. The van der Waals surface area contributed by atoms with Gasteiger partial charge in [0.25, 0.3) is 0 Å². The van der Waals surface area contributed by atoms with Crippen LogP contribution in [-0.4, -0.2) is 49.5 Å². The van der Waals surface area contributed by atoms with Crippen LogP contribution < -0.4 is 5.32 Å². The van der Waals surface area contributed by atoms with E-state index in [4.69, 9.17) is 4.74 Å². The lowest BCUT2D eigenvalue weighted by molar-refractivity contribution is 0.110. The average molecular weight is 322 g/mol. The summed E-state index contributed by atoms with van der Waals surface area (Å²) < 4.78 is 5.31. The van der Waals surface area contributed by atoms with Gasteiger partial charge in [-0.3, -0.25) is 0 Å². The van der Waals surface area contributed by atoms with E-state index in [1.165, 1.54) is 4.90 Å². The van der Waals surface area contributed by atoms with Gasteiger partial charge in [-0.15, -0.1) is 11.8 Å². The molecule has 22 heavy (non-hydrogen) atoms. The zero-order chi connectivity index (χ0) is 15.8. The van der Waals surface area contributed by atoms with E-state index in [-0.39, 0.29) is 11.6 Å². The predicted octanol–water partition coefficient (Wildman–Crippen LogP) is 3.38. The first-order chi connectivity index (χ1) is 10.7. The first-order valence-corrected chi connectivity index (χ1v) is 8.84. The largest absolute Gasteiger partial charge is 0.382 e. The SMILES string of the molecule is COCC1(NC(=O)N(C)CCSc2ccccc2)CCCC1. The Bertz CT molecular complexity index is 461. The number of urea groups is 1. The fourth-order valence-electron chi connectivity index (χ4n) is 2.87. The molecule has 1 N–H and O–H groups in total. The van der Waals surface area contributed by atoms with Crippen LogP contribution in [0.25, 0.3) is 0 Å². The third-order valence-corrected chi connectivity index (χ3v) is 5.13. The normalized spacial score (nSPS) is 16.5. The molecule has 122 valence electrons. The summed E-state index contributed by atoms with van der Waals surface area (Å²) in [5, 5.41) is 3.19. The maximum atomic E-state index is 12.4. The summed E-state index contributed by atoms with van der Waals surface area (Å²) in [7, 11) is 3.56. The minimum absolute atomic E-state index is 0.00705. The Hall–Kier alpha value is -1.20. The molecule has 0 spiro atoms. The predicted molar refractivity (Wildman–Crippen MR) is 91.4 cm³/mol. The molecule has 1 aliphatic rings. The molecule has 0 unspecified atom stereocenters. The van der Waals surface area contributed by atoms with Crippen LogP contribution in [0.1, 0.15) is 25.7 Å². The maximum absolute atomic E-state index is 12.4. The molecule has 0 radical (unpaired) electrons. The molecule has 0 atom stereocenters. The molecule has 0 aliphatic heterocycles. The topological polar surface area (TPSA) is 41.6 Å². The van der Waals surface area contributed by atoms with Crippen LogP contribution in [0.15, 0.2) is 35.2 Å². The third-order valence-electron chi connectivity index (χ3n) is 4.14. The van der Waals surface area contributed by atoms with Crippen molar-refractivity contribution in [3.63, 3.8) is 0 Å². The molecule has 1 aromatic carbocycles. The standard InChI is InChI=1S/C17H26N2O2S/c1-19(12-13-22-15-8-4-3-5-9-15)16(20)18-17(14-21-2)10-6-7-11-17/h3-5,8-9H,6-7,10-14H2,1-2H3,(H,18,20). The molecule has 0 saturated heterocycles. The molecule has 1 aliphatic carbocycles. The Kier molecular flexibility index (Phi) is 6.58. The van der Waals surface area contributed by atoms with Gasteiger partial charge in [0.05, 0.1) is 12.1 Å². The van der Waals surface area contributed by atoms with Crippen LogP contribution in [-0.2, 0) is 4.74 Å². The molecule has 2 rings (SSSR count). The number of nitrogens with one attached hydrogen (secondary N) is 1. The van der Waals surface area contributed by atoms with Gasteiger partial charge in [-0.25, -0.2) is 4.79 Å². The summed E-state index contributed by atoms with van der Waals surface area (Å²) in [6.07, 6.45) is 4.35. The average Bonchev–Trinajstić information content (AvgIpc) is 2.97. The summed E-state index contributed by atoms with van der Waals surface area (Å²) >= 11 is 1.77. The van der Waals surface area contributed by atoms with Crippen molar-refractivity contribution >= 4 is 17.8 Å². The second-order valence-electron chi connectivity index (χ2n) is 5.93. The van der Waals surface area contributed by atoms with Crippen molar-refractivity contribution in [1.29, 1.82) is 0 Å². The van der Waals surface area contributed by atoms with Gasteiger partial charge < -0.3 is 15.0 Å². The van der Waals surface area contributed by atoms with Crippen molar-refractivity contribution in [2.75, 3.05) is 33.1 Å². The summed E-state index contributed by atoms with van der Waals surface area (Å²) in [5.74, 6) is 0.894. The quantitative estimate of drug-likeness (QED) is 0.783. The van der Waals surface area contributed by atoms with Crippen molar-refractivity contribution in [2.24, 2.45) is 0 Å². The van der Waals surface area contributed by atoms with E-state index in [2.05, 4.69) is 17.4 Å². The number of nitrogens with zero attached hydrogens (tertiary/aromatic N) is 1. The Morgan fingerprint density at radius 1 is 1.32 bits per heavy atom. The van der Waals surface area contributed by atoms with E-state index in [0.29, 0.717) is 6.61 Å². The summed E-state index contributed by atoms with van der Waals surface area (Å²) in [6, 6.07) is 10.3. The molecule has 5 heteroatoms. The zero-order valence-electron chi connectivity index (χ0n) is 13.5. The van der Waals surface area contributed by atoms with Gasteiger partial charge in [0.2, 0.25) is 0 Å². The fourth-order valence-corrected chi connectivity index (χ4v) is 3.82. The molecule has 0 heterocycles. The number of carbonyl (C=O) groups excluding carboxylic acids is 1. The van der Waals surface area contributed by atoms with Crippen LogP contribution in [0, 0.1) is 0 Å². The second kappa shape index (κ2) is 8.44. The number of amides is 2. The van der Waals surface area contributed by atoms with E-state index < -0.39 is 0 Å². The highest BCUT2D eigenvalue weighted by molar-refractivity contribution is 7.99. The summed E-state index contributed by atoms with van der Waals surface area (Å²) in [6.45, 7) is 1.33. The Balaban J connectivity index is 1.76. The van der Waals surface area contributed by atoms with Crippen LogP contribution in [0.3, 0.4) is 0 Å². The molecule has 2 amide bonds. The van der Waals surface area contributed by atoms with Crippen molar-refractivity contribution in [3.05, 3.63) is 30.3 Å². The molecule has 4 nitrogen and oxygen atoms in total. The maximum Gasteiger partial charge on any atom is 0.317 e. The van der Waals surface area contributed by atoms with Gasteiger partial charge in [0.1, 0.15) is 0 Å². The van der Waals surface area contributed by atoms with Crippen LogP contribution in [0.5, 0.6) is 0 Å². The van der Waals surface area contributed by atoms with E-state index >= 15 is 0 Å². The van der Waals surface area contributed by atoms with Gasteiger partial charge >= 0.3 is 6.03 Å². The van der Waals surface area contributed by atoms with Crippen molar-refractivity contribution in [3.8, 4) is 0 Å². The minimum Gasteiger partial charge on any atom is -0.382 e. The first-order valence-electron chi connectivity index (χ1n) is 7.85. The highest BCUT2D eigenvalue weighted by Crippen LogP contribution is 2.30. The van der Waals surface area contributed by atoms with E-state index in [1.807, 2.05) is 25.2 Å². The Morgan fingerprint density at radius 3 is 2.64 bits per heavy atom. The van der Waals surface area contributed by atoms with Crippen LogP contribution in [0.4, 0.5) is 4.79 Å². The summed E-state index contributed by atoms with van der Waals surface area (Å²) in [4.78, 5) is 15.4. The molecule has 0 bridgehead atoms. The lowest BCUT2D eigenvalue weighted by Gasteiger charge is -2.31. The minimum atomic E-state index is -0.160. The van der Waals surface area contributed by atoms with Crippen LogP contribution >= 0.6 is 11.8 Å². The molecule has 1 fully saturated rings. The number of thioether (sulfide) groups is 1. The number of hydrogen-bond acceptors (Lipinski definition) is 3. The van der Waals surface area contributed by atoms with Crippen molar-refractivity contribution in [2.45, 2.75) is 36.1 Å². The summed E-state index contributed by atoms with van der Waals surface area (Å²) in [5.41, 5.74) is -0.160. The Labute approximate surface area is 137 Å². The molecule has 0 aromatic heterocycles. The number of carbonyl (C=O) groups is 1. The third kappa shape index (κ3) is 4.92. The lowest BCUT2D eigenvalue weighted by atomic mass is 9.99. The van der Waals surface area contributed by atoms with Gasteiger partial charge in [0, 0.05) is 31.4 Å². The van der Waals surface area contributed by atoms with Gasteiger partial charge in [-0.05, 0) is 25.0 Å². The van der Waals surface area contributed by atoms with E-state index in [0.717, 1.165) is 38.0 Å². The lowest BCUT2D eigenvalue weighted by Crippen LogP contribution is -2.53. The van der Waals surface area contributed by atoms with Gasteiger partial charge in [0.15, 0.2) is 0 Å². The van der Waals surface area contributed by atoms with Crippen molar-refractivity contribution in [1.82, 2.24) is 10.2 Å². The first kappa shape index (κ1) is 17.2. The Morgan fingerprint density at radius 2 is 2.00 bits per heavy atom. The highest BCUT2D eigenvalue weighted by Gasteiger charge is 2.35. The van der Waals surface area contributed by atoms with Crippen molar-refractivity contribution < 1.29 is 9.53 Å².